The Labute approximate surface area is 380 Å². The van der Waals surface area contributed by atoms with Crippen LogP contribution in [0, 0.1) is 6.85 Å². The van der Waals surface area contributed by atoms with E-state index in [2.05, 4.69) is 191 Å². The van der Waals surface area contributed by atoms with Gasteiger partial charge in [-0.15, -0.1) is 0 Å². The average molecular weight is 833 g/mol. The number of rotatable bonds is 6. The van der Waals surface area contributed by atoms with Crippen LogP contribution in [0.4, 0.5) is 0 Å². The molecule has 0 aliphatic heterocycles. The highest BCUT2D eigenvalue weighted by Crippen LogP contribution is 2.46. The first-order valence-corrected chi connectivity index (χ1v) is 22.1. The molecule has 0 fully saturated rings. The van der Waals surface area contributed by atoms with Crippen molar-refractivity contribution < 1.29 is 9.22 Å². The van der Waals surface area contributed by atoms with E-state index in [-0.39, 0.29) is 27.4 Å². The summed E-state index contributed by atoms with van der Waals surface area (Å²) in [5.41, 5.74) is 15.0. The number of hydrogen-bond acceptors (Lipinski definition) is 3. The highest BCUT2D eigenvalue weighted by molar-refractivity contribution is 5.98. The fraction of sp³-hybridized carbons (Fsp3) is 0.288. The van der Waals surface area contributed by atoms with Crippen LogP contribution in [-0.4, -0.2) is 19.6 Å². The van der Waals surface area contributed by atoms with Gasteiger partial charge in [-0.1, -0.05) is 174 Å². The maximum Gasteiger partial charge on any atom is 0.149 e. The molecular weight excluding hydrogens is 767 g/mol. The minimum atomic E-state index is -2.17. The zero-order valence-electron chi connectivity index (χ0n) is 42.1. The standard InChI is InChI=1S/C59H63N3O/c1-37-22-24-38(25-23-37)40-28-29-60-50(33-40)42-30-41(31-44(32-42)57(5,6)7)46-20-17-21-52-53(46)61-55(48-35-45(58(8,9)10)36-49(54(48)63)59(11,12)13)62(52)51-27-26-43(56(2,3)4)34-47(51)39-18-15-14-16-19-39/h14-36,63H,1-13H3/i1D3. The van der Waals surface area contributed by atoms with E-state index in [9.17, 15) is 5.11 Å². The molecule has 2 aromatic heterocycles. The van der Waals surface area contributed by atoms with Crippen LogP contribution in [0.2, 0.25) is 0 Å². The van der Waals surface area contributed by atoms with Crippen LogP contribution in [0.5, 0.6) is 5.75 Å². The minimum absolute atomic E-state index is 0.0928. The van der Waals surface area contributed by atoms with Gasteiger partial charge in [0.1, 0.15) is 11.6 Å². The number of para-hydroxylation sites is 1. The van der Waals surface area contributed by atoms with Crippen LogP contribution in [0.15, 0.2) is 140 Å². The highest BCUT2D eigenvalue weighted by Gasteiger charge is 2.30. The minimum Gasteiger partial charge on any atom is -0.507 e. The Kier molecular flexibility index (Phi) is 9.94. The van der Waals surface area contributed by atoms with Gasteiger partial charge < -0.3 is 5.11 Å². The third kappa shape index (κ3) is 8.61. The molecule has 8 aromatic rings. The second-order valence-electron chi connectivity index (χ2n) is 21.3. The molecule has 0 saturated heterocycles. The monoisotopic (exact) mass is 833 g/mol. The molecule has 6 aromatic carbocycles. The molecule has 320 valence electrons. The maximum absolute atomic E-state index is 12.5. The lowest BCUT2D eigenvalue weighted by Crippen LogP contribution is -2.17. The first kappa shape index (κ1) is 39.6. The van der Waals surface area contributed by atoms with Crippen LogP contribution in [0.1, 0.15) is 115 Å². The summed E-state index contributed by atoms with van der Waals surface area (Å²) in [7, 11) is 0. The van der Waals surface area contributed by atoms with Crippen molar-refractivity contribution in [2.75, 3.05) is 0 Å². The van der Waals surface area contributed by atoms with E-state index in [4.69, 9.17) is 14.1 Å². The smallest absolute Gasteiger partial charge is 0.149 e. The molecular formula is C59H63N3O. The third-order valence-electron chi connectivity index (χ3n) is 12.3. The number of benzene rings is 6. The van der Waals surface area contributed by atoms with Gasteiger partial charge in [-0.05, 0) is 116 Å². The van der Waals surface area contributed by atoms with Crippen molar-refractivity contribution in [3.05, 3.63) is 167 Å². The molecule has 0 aliphatic rings. The van der Waals surface area contributed by atoms with Crippen LogP contribution in [-0.2, 0) is 21.7 Å². The number of pyridine rings is 1. The van der Waals surface area contributed by atoms with E-state index in [1.807, 2.05) is 24.4 Å². The molecule has 0 bridgehead atoms. The van der Waals surface area contributed by atoms with Crippen molar-refractivity contribution in [1.82, 2.24) is 14.5 Å². The molecule has 63 heavy (non-hydrogen) atoms. The van der Waals surface area contributed by atoms with E-state index < -0.39 is 6.85 Å². The number of phenols is 1. The molecule has 2 heterocycles. The van der Waals surface area contributed by atoms with Crippen molar-refractivity contribution in [2.45, 2.75) is 112 Å². The molecule has 0 aliphatic carbocycles. The average Bonchev–Trinajstić information content (AvgIpc) is 3.64. The summed E-state index contributed by atoms with van der Waals surface area (Å²) in [5, 5.41) is 12.5. The first-order chi connectivity index (χ1) is 30.8. The summed E-state index contributed by atoms with van der Waals surface area (Å²) in [6.07, 6.45) is 1.82. The van der Waals surface area contributed by atoms with Gasteiger partial charge in [-0.2, -0.15) is 0 Å². The molecule has 4 nitrogen and oxygen atoms in total. The van der Waals surface area contributed by atoms with E-state index in [0.717, 1.165) is 78.0 Å². The maximum atomic E-state index is 12.5. The fourth-order valence-corrected chi connectivity index (χ4v) is 8.41. The van der Waals surface area contributed by atoms with E-state index in [1.54, 1.807) is 12.1 Å². The Morgan fingerprint density at radius 3 is 1.79 bits per heavy atom. The van der Waals surface area contributed by atoms with E-state index in [0.29, 0.717) is 17.0 Å². The predicted octanol–water partition coefficient (Wildman–Crippen LogP) is 16.0. The first-order valence-electron chi connectivity index (χ1n) is 23.6. The van der Waals surface area contributed by atoms with Gasteiger partial charge in [-0.3, -0.25) is 9.55 Å². The lowest BCUT2D eigenvalue weighted by molar-refractivity contribution is 0.446. The number of hydrogen-bond donors (Lipinski definition) is 1. The van der Waals surface area contributed by atoms with Crippen molar-refractivity contribution >= 4 is 11.0 Å². The van der Waals surface area contributed by atoms with Gasteiger partial charge in [0.2, 0.25) is 0 Å². The molecule has 0 amide bonds. The highest BCUT2D eigenvalue weighted by atomic mass is 16.3. The normalized spacial score (nSPS) is 13.5. The van der Waals surface area contributed by atoms with Gasteiger partial charge >= 0.3 is 0 Å². The molecule has 4 heteroatoms. The van der Waals surface area contributed by atoms with Crippen molar-refractivity contribution in [3.8, 4) is 67.5 Å². The Bertz CT molecular complexity index is 3090. The zero-order chi connectivity index (χ0) is 47.7. The summed E-state index contributed by atoms with van der Waals surface area (Å²) < 4.78 is 25.8. The van der Waals surface area contributed by atoms with E-state index >= 15 is 0 Å². The third-order valence-corrected chi connectivity index (χ3v) is 12.3. The summed E-state index contributed by atoms with van der Waals surface area (Å²) >= 11 is 0. The number of aromatic hydroxyl groups is 1. The number of aryl methyl sites for hydroxylation is 1. The quantitative estimate of drug-likeness (QED) is 0.182. The molecule has 0 radical (unpaired) electrons. The molecule has 0 saturated carbocycles. The summed E-state index contributed by atoms with van der Waals surface area (Å²) in [6.45, 7) is 24.4. The van der Waals surface area contributed by atoms with Gasteiger partial charge in [0.05, 0.1) is 28.0 Å². The van der Waals surface area contributed by atoms with Crippen molar-refractivity contribution in [3.63, 3.8) is 0 Å². The van der Waals surface area contributed by atoms with Crippen LogP contribution < -0.4 is 0 Å². The Hall–Kier alpha value is -6.26. The number of phenolic OH excluding ortho intramolecular Hbond substituents is 1. The molecule has 8 rings (SSSR count). The summed E-state index contributed by atoms with van der Waals surface area (Å²) in [4.78, 5) is 10.6. The Balaban J connectivity index is 1.43. The predicted molar refractivity (Wildman–Crippen MR) is 267 cm³/mol. The van der Waals surface area contributed by atoms with Crippen LogP contribution in [0.3, 0.4) is 0 Å². The second kappa shape index (κ2) is 15.8. The number of nitrogens with zero attached hydrogens (tertiary/aromatic N) is 3. The fourth-order valence-electron chi connectivity index (χ4n) is 8.41. The van der Waals surface area contributed by atoms with E-state index in [1.165, 1.54) is 5.56 Å². The topological polar surface area (TPSA) is 50.9 Å². The molecule has 0 unspecified atom stereocenters. The number of aromatic nitrogens is 3. The van der Waals surface area contributed by atoms with Crippen LogP contribution >= 0.6 is 0 Å². The molecule has 0 spiro atoms. The van der Waals surface area contributed by atoms with Crippen molar-refractivity contribution in [2.24, 2.45) is 0 Å². The Morgan fingerprint density at radius 1 is 0.492 bits per heavy atom. The van der Waals surface area contributed by atoms with Gasteiger partial charge in [-0.25, -0.2) is 4.98 Å². The molecule has 1 N–H and O–H groups in total. The largest absolute Gasteiger partial charge is 0.507 e. The lowest BCUT2D eigenvalue weighted by Gasteiger charge is -2.28. The SMILES string of the molecule is [2H]C([2H])([2H])c1ccc(-c2ccnc(-c3cc(-c4cccc5c4nc(-c4cc(C(C)(C)C)cc(C(C)(C)C)c4O)n5-c4ccc(C(C)(C)C)cc4-c4ccccc4)cc(C(C)(C)C)c3)c2)cc1. The lowest BCUT2D eigenvalue weighted by atomic mass is 9.79. The van der Waals surface area contributed by atoms with Gasteiger partial charge in [0.25, 0.3) is 0 Å². The summed E-state index contributed by atoms with van der Waals surface area (Å²) in [5.74, 6) is 0.899. The second-order valence-corrected chi connectivity index (χ2v) is 21.3. The number of fused-ring (bicyclic) bond motifs is 1. The van der Waals surface area contributed by atoms with Gasteiger partial charge in [0, 0.05) is 32.6 Å². The number of imidazole rings is 1. The summed E-state index contributed by atoms with van der Waals surface area (Å²) in [6, 6.07) is 45.9. The van der Waals surface area contributed by atoms with Crippen LogP contribution in [0.25, 0.3) is 72.7 Å². The van der Waals surface area contributed by atoms with Crippen molar-refractivity contribution in [1.29, 1.82) is 0 Å². The van der Waals surface area contributed by atoms with Gasteiger partial charge in [0.15, 0.2) is 0 Å². The Morgan fingerprint density at radius 2 is 1.14 bits per heavy atom. The molecule has 0 atom stereocenters. The zero-order valence-corrected chi connectivity index (χ0v) is 39.1.